The van der Waals surface area contributed by atoms with E-state index in [1.165, 1.54) is 0 Å². The van der Waals surface area contributed by atoms with Gasteiger partial charge in [-0.2, -0.15) is 4.89 Å². The van der Waals surface area contributed by atoms with Crippen LogP contribution >= 0.6 is 0 Å². The summed E-state index contributed by atoms with van der Waals surface area (Å²) < 4.78 is 5.11. The highest BCUT2D eigenvalue weighted by molar-refractivity contribution is 5.13. The maximum absolute atomic E-state index is 9.78. The Hall–Kier alpha value is -0.940. The minimum atomic E-state index is -1.56. The zero-order valence-corrected chi connectivity index (χ0v) is 9.09. The minimum Gasteiger partial charge on any atom is -0.341 e. The molecular weight excluding hydrogens is 208 g/mol. The first kappa shape index (κ1) is 11.5. The Bertz CT molecular complexity index is 306. The Balaban J connectivity index is 1.75. The van der Waals surface area contributed by atoms with Crippen molar-refractivity contribution in [2.75, 3.05) is 6.61 Å². The molecule has 0 aromatic heterocycles. The van der Waals surface area contributed by atoms with Crippen molar-refractivity contribution in [1.82, 2.24) is 0 Å². The lowest BCUT2D eigenvalue weighted by Gasteiger charge is -2.29. The highest BCUT2D eigenvalue weighted by Gasteiger charge is 2.33. The number of rotatable bonds is 4. The average Bonchev–Trinajstić information content (AvgIpc) is 2.31. The summed E-state index contributed by atoms with van der Waals surface area (Å²) in [6, 6.07) is 9.63. The van der Waals surface area contributed by atoms with Crippen LogP contribution in [0.15, 0.2) is 30.3 Å². The summed E-state index contributed by atoms with van der Waals surface area (Å²) in [5.41, 5.74) is 0.988. The smallest absolute Gasteiger partial charge is 0.309 e. The Morgan fingerprint density at radius 3 is 2.75 bits per heavy atom. The third-order valence-corrected chi connectivity index (χ3v) is 2.47. The number of aliphatic hydroxyl groups is 1. The van der Waals surface area contributed by atoms with E-state index in [0.717, 1.165) is 18.4 Å². The van der Waals surface area contributed by atoms with Crippen LogP contribution in [0.3, 0.4) is 0 Å². The molecule has 1 aromatic carbocycles. The monoisotopic (exact) mass is 224 g/mol. The molecule has 2 rings (SSSR count). The van der Waals surface area contributed by atoms with Gasteiger partial charge >= 0.3 is 5.97 Å². The molecule has 0 saturated carbocycles. The number of ether oxygens (including phenoxy) is 1. The summed E-state index contributed by atoms with van der Waals surface area (Å²) in [5.74, 6) is -1.56. The quantitative estimate of drug-likeness (QED) is 0.482. The Kier molecular flexibility index (Phi) is 3.90. The second-order valence-electron chi connectivity index (χ2n) is 3.85. The summed E-state index contributed by atoms with van der Waals surface area (Å²) in [6.07, 6.45) is 2.28. The summed E-state index contributed by atoms with van der Waals surface area (Å²) in [7, 11) is 0. The lowest BCUT2D eigenvalue weighted by Crippen LogP contribution is -2.38. The van der Waals surface area contributed by atoms with Gasteiger partial charge in [0.05, 0.1) is 6.61 Å². The Labute approximate surface area is 94.7 Å². The van der Waals surface area contributed by atoms with Crippen molar-refractivity contribution >= 4 is 0 Å². The largest absolute Gasteiger partial charge is 0.341 e. The van der Waals surface area contributed by atoms with Gasteiger partial charge in [-0.05, 0) is 18.4 Å². The lowest BCUT2D eigenvalue weighted by atomic mass is 10.2. The van der Waals surface area contributed by atoms with Crippen LogP contribution in [0.1, 0.15) is 24.8 Å². The van der Waals surface area contributed by atoms with Gasteiger partial charge in [0.1, 0.15) is 6.61 Å². The van der Waals surface area contributed by atoms with Crippen LogP contribution in [0.25, 0.3) is 0 Å². The van der Waals surface area contributed by atoms with Gasteiger partial charge in [0.2, 0.25) is 0 Å². The molecule has 0 aliphatic carbocycles. The third kappa shape index (κ3) is 3.28. The first-order valence-electron chi connectivity index (χ1n) is 5.49. The Morgan fingerprint density at radius 1 is 1.25 bits per heavy atom. The van der Waals surface area contributed by atoms with E-state index in [1.54, 1.807) is 0 Å². The molecule has 0 amide bonds. The van der Waals surface area contributed by atoms with E-state index in [2.05, 4.69) is 0 Å². The van der Waals surface area contributed by atoms with E-state index in [-0.39, 0.29) is 0 Å². The summed E-state index contributed by atoms with van der Waals surface area (Å²) in [6.45, 7) is 0.803. The van der Waals surface area contributed by atoms with E-state index < -0.39 is 5.97 Å². The second kappa shape index (κ2) is 5.41. The highest BCUT2D eigenvalue weighted by Crippen LogP contribution is 2.23. The van der Waals surface area contributed by atoms with Gasteiger partial charge in [-0.15, -0.1) is 0 Å². The fourth-order valence-electron chi connectivity index (χ4n) is 1.58. The standard InChI is InChI=1S/C12H16O4/c13-12(8-4-5-9-14-12)16-15-10-11-6-2-1-3-7-11/h1-3,6-7,13H,4-5,8-10H2. The third-order valence-electron chi connectivity index (χ3n) is 2.47. The van der Waals surface area contributed by atoms with Crippen molar-refractivity contribution in [1.29, 1.82) is 0 Å². The molecule has 1 aliphatic heterocycles. The molecular formula is C12H16O4. The molecule has 1 aliphatic rings. The van der Waals surface area contributed by atoms with E-state index in [9.17, 15) is 5.11 Å². The number of hydrogen-bond acceptors (Lipinski definition) is 4. The first-order valence-corrected chi connectivity index (χ1v) is 5.49. The van der Waals surface area contributed by atoms with Crippen LogP contribution < -0.4 is 0 Å². The predicted molar refractivity (Wildman–Crippen MR) is 57.1 cm³/mol. The topological polar surface area (TPSA) is 47.9 Å². The van der Waals surface area contributed by atoms with E-state index >= 15 is 0 Å². The first-order chi connectivity index (χ1) is 7.79. The van der Waals surface area contributed by atoms with Crippen LogP contribution in [0.5, 0.6) is 0 Å². The molecule has 4 heteroatoms. The summed E-state index contributed by atoms with van der Waals surface area (Å²) in [4.78, 5) is 9.89. The normalized spacial score (nSPS) is 25.6. The molecule has 16 heavy (non-hydrogen) atoms. The molecule has 1 unspecified atom stereocenters. The second-order valence-corrected chi connectivity index (χ2v) is 3.85. The van der Waals surface area contributed by atoms with E-state index in [4.69, 9.17) is 14.5 Å². The number of hydrogen-bond donors (Lipinski definition) is 1. The molecule has 1 saturated heterocycles. The van der Waals surface area contributed by atoms with Crippen molar-refractivity contribution in [2.24, 2.45) is 0 Å². The fraction of sp³-hybridized carbons (Fsp3) is 0.500. The van der Waals surface area contributed by atoms with Crippen LogP contribution in [0, 0.1) is 0 Å². The van der Waals surface area contributed by atoms with Gasteiger partial charge in [0.15, 0.2) is 0 Å². The van der Waals surface area contributed by atoms with Gasteiger partial charge in [-0.3, -0.25) is 0 Å². The zero-order chi connectivity index (χ0) is 11.3. The van der Waals surface area contributed by atoms with Gasteiger partial charge in [0.25, 0.3) is 0 Å². The van der Waals surface area contributed by atoms with E-state index in [1.807, 2.05) is 30.3 Å². The SMILES string of the molecule is OC1(OOCc2ccccc2)CCCCO1. The molecule has 88 valence electrons. The highest BCUT2D eigenvalue weighted by atomic mass is 17.3. The van der Waals surface area contributed by atoms with Crippen LogP contribution in [0.4, 0.5) is 0 Å². The maximum atomic E-state index is 9.78. The fourth-order valence-corrected chi connectivity index (χ4v) is 1.58. The molecule has 0 bridgehead atoms. The van der Waals surface area contributed by atoms with Crippen molar-refractivity contribution < 1.29 is 19.6 Å². The zero-order valence-electron chi connectivity index (χ0n) is 9.09. The Morgan fingerprint density at radius 2 is 2.06 bits per heavy atom. The van der Waals surface area contributed by atoms with Crippen LogP contribution in [-0.4, -0.2) is 17.7 Å². The average molecular weight is 224 g/mol. The molecule has 1 fully saturated rings. The van der Waals surface area contributed by atoms with Gasteiger partial charge in [0, 0.05) is 6.42 Å². The van der Waals surface area contributed by atoms with Crippen LogP contribution in [-0.2, 0) is 21.1 Å². The van der Waals surface area contributed by atoms with Crippen molar-refractivity contribution in [3.63, 3.8) is 0 Å². The maximum Gasteiger partial charge on any atom is 0.309 e. The molecule has 0 radical (unpaired) electrons. The summed E-state index contributed by atoms with van der Waals surface area (Å²) >= 11 is 0. The van der Waals surface area contributed by atoms with E-state index in [0.29, 0.717) is 19.6 Å². The predicted octanol–water partition coefficient (Wildman–Crippen LogP) is 1.98. The van der Waals surface area contributed by atoms with Crippen molar-refractivity contribution in [2.45, 2.75) is 31.8 Å². The molecule has 1 N–H and O–H groups in total. The van der Waals surface area contributed by atoms with Gasteiger partial charge in [-0.1, -0.05) is 30.3 Å². The summed E-state index contributed by atoms with van der Waals surface area (Å²) in [5, 5.41) is 9.78. The molecule has 4 nitrogen and oxygen atoms in total. The molecule has 0 spiro atoms. The minimum absolute atomic E-state index is 0.298. The number of benzene rings is 1. The lowest BCUT2D eigenvalue weighted by molar-refractivity contribution is -0.508. The van der Waals surface area contributed by atoms with Crippen molar-refractivity contribution in [3.05, 3.63) is 35.9 Å². The van der Waals surface area contributed by atoms with Gasteiger partial charge < -0.3 is 9.84 Å². The molecule has 1 heterocycles. The molecule has 1 atom stereocenters. The molecule has 1 aromatic rings. The van der Waals surface area contributed by atoms with Crippen LogP contribution in [0.2, 0.25) is 0 Å². The van der Waals surface area contributed by atoms with Crippen molar-refractivity contribution in [3.8, 4) is 0 Å². The van der Waals surface area contributed by atoms with Gasteiger partial charge in [-0.25, -0.2) is 4.89 Å².